The molecule has 0 heterocycles. The molecule has 0 saturated carbocycles. The molecule has 6 nitrogen and oxygen atoms in total. The van der Waals surface area contributed by atoms with Crippen LogP contribution in [-0.4, -0.2) is 33.5 Å². The van der Waals surface area contributed by atoms with Crippen molar-refractivity contribution >= 4 is 26.5 Å². The van der Waals surface area contributed by atoms with E-state index in [9.17, 15) is 9.59 Å². The van der Waals surface area contributed by atoms with Crippen molar-refractivity contribution in [1.29, 1.82) is 0 Å². The molecule has 3 aromatic rings. The summed E-state index contributed by atoms with van der Waals surface area (Å²) in [7, 11) is -0.831. The van der Waals surface area contributed by atoms with E-state index in [1.807, 2.05) is 66.7 Å². The molecular weight excluding hydrogens is 530 g/mol. The maximum Gasteiger partial charge on any atom is 0.407 e. The van der Waals surface area contributed by atoms with Crippen molar-refractivity contribution in [1.82, 2.24) is 5.32 Å². The van der Waals surface area contributed by atoms with Gasteiger partial charge in [0.1, 0.15) is 6.61 Å². The first-order valence-electron chi connectivity index (χ1n) is 14.0. The summed E-state index contributed by atoms with van der Waals surface area (Å²) in [6, 6.07) is 26.7. The maximum absolute atomic E-state index is 13.1. The molecule has 2 atom stereocenters. The first-order valence-corrected chi connectivity index (χ1v) is 17.0. The number of carbonyl (C=O) groups is 2. The van der Waals surface area contributed by atoms with Crippen molar-refractivity contribution in [2.75, 3.05) is 7.11 Å². The van der Waals surface area contributed by atoms with Crippen molar-refractivity contribution < 1.29 is 23.5 Å². The van der Waals surface area contributed by atoms with E-state index in [0.717, 1.165) is 16.7 Å². The molecule has 3 rings (SSSR count). The Morgan fingerprint density at radius 1 is 0.902 bits per heavy atom. The van der Waals surface area contributed by atoms with Gasteiger partial charge in [0.25, 0.3) is 0 Å². The Labute approximate surface area is 245 Å². The number of alkyl carbamates (subject to hydrolysis) is 1. The van der Waals surface area contributed by atoms with Crippen LogP contribution >= 0.6 is 0 Å². The van der Waals surface area contributed by atoms with Crippen LogP contribution in [0.2, 0.25) is 18.1 Å². The summed E-state index contributed by atoms with van der Waals surface area (Å²) in [5.41, 5.74) is 3.43. The Bertz CT molecular complexity index is 1270. The number of methoxy groups -OCH3 is 1. The number of amides is 1. The number of nitrogens with one attached hydrogen (secondary N) is 1. The van der Waals surface area contributed by atoms with Gasteiger partial charge in [-0.15, -0.1) is 0 Å². The summed E-state index contributed by atoms with van der Waals surface area (Å²) >= 11 is 0. The Balaban J connectivity index is 1.80. The van der Waals surface area contributed by atoms with Gasteiger partial charge in [-0.3, -0.25) is 0 Å². The van der Waals surface area contributed by atoms with Gasteiger partial charge in [-0.25, -0.2) is 9.59 Å². The Morgan fingerprint density at radius 2 is 1.51 bits per heavy atom. The van der Waals surface area contributed by atoms with Gasteiger partial charge in [0.2, 0.25) is 0 Å². The molecule has 7 heteroatoms. The number of allylic oxidation sites excluding steroid dienone is 1. The molecule has 0 radical (unpaired) electrons. The molecule has 0 unspecified atom stereocenters. The molecular formula is C34H43NO5Si. The standard InChI is InChI=1S/C34H43NO5Si/c1-34(2,3)41(5,6)40-31(28-18-11-8-12-19-28)30(35-33(37)39-25-27-16-9-7-10-17-27)20-14-13-15-26-21-23-29(24-22-26)32(36)38-4/h7-13,15-19,21-24,30-31H,14,20,25H2,1-6H3,(H,35,37)/t30-,31-/m1/s1. The molecule has 41 heavy (non-hydrogen) atoms. The number of ether oxygens (including phenoxy) is 2. The molecule has 3 aromatic carbocycles. The van der Waals surface area contributed by atoms with Gasteiger partial charge in [-0.1, -0.05) is 106 Å². The van der Waals surface area contributed by atoms with Gasteiger partial charge < -0.3 is 19.2 Å². The van der Waals surface area contributed by atoms with E-state index in [0.29, 0.717) is 18.4 Å². The first kappa shape index (κ1) is 31.8. The summed E-state index contributed by atoms with van der Waals surface area (Å²) in [5, 5.41) is 3.13. The Kier molecular flexibility index (Phi) is 11.5. The van der Waals surface area contributed by atoms with E-state index < -0.39 is 14.4 Å². The van der Waals surface area contributed by atoms with Crippen LogP contribution in [0.3, 0.4) is 0 Å². The summed E-state index contributed by atoms with van der Waals surface area (Å²) in [5.74, 6) is -0.359. The molecule has 0 aliphatic heterocycles. The third kappa shape index (κ3) is 9.72. The molecule has 0 aliphatic rings. The number of esters is 1. The molecule has 0 aromatic heterocycles. The monoisotopic (exact) mass is 573 g/mol. The van der Waals surface area contributed by atoms with Crippen LogP contribution in [0.15, 0.2) is 91.0 Å². The zero-order valence-corrected chi connectivity index (χ0v) is 26.1. The fraction of sp³-hybridized carbons (Fsp3) is 0.353. The van der Waals surface area contributed by atoms with Crippen LogP contribution in [0.25, 0.3) is 6.08 Å². The molecule has 0 aliphatic carbocycles. The van der Waals surface area contributed by atoms with Crippen LogP contribution in [0, 0.1) is 0 Å². The van der Waals surface area contributed by atoms with Crippen molar-refractivity contribution in [2.45, 2.75) is 70.5 Å². The number of benzene rings is 3. The molecule has 218 valence electrons. The van der Waals surface area contributed by atoms with Gasteiger partial charge in [0, 0.05) is 0 Å². The van der Waals surface area contributed by atoms with Gasteiger partial charge in [0.05, 0.1) is 24.8 Å². The Morgan fingerprint density at radius 3 is 2.10 bits per heavy atom. The zero-order chi connectivity index (χ0) is 29.9. The third-order valence-corrected chi connectivity index (χ3v) is 12.0. The zero-order valence-electron chi connectivity index (χ0n) is 25.1. The lowest BCUT2D eigenvalue weighted by atomic mass is 9.98. The van der Waals surface area contributed by atoms with Crippen LogP contribution in [0.4, 0.5) is 4.79 Å². The summed E-state index contributed by atoms with van der Waals surface area (Å²) in [4.78, 5) is 24.8. The third-order valence-electron chi connectivity index (χ3n) is 7.52. The topological polar surface area (TPSA) is 73.9 Å². The number of carbonyl (C=O) groups excluding carboxylic acids is 2. The fourth-order valence-electron chi connectivity index (χ4n) is 4.08. The minimum Gasteiger partial charge on any atom is -0.465 e. The second-order valence-electron chi connectivity index (χ2n) is 11.6. The van der Waals surface area contributed by atoms with E-state index in [2.05, 4.69) is 57.4 Å². The average molecular weight is 574 g/mol. The smallest absolute Gasteiger partial charge is 0.407 e. The highest BCUT2D eigenvalue weighted by molar-refractivity contribution is 6.74. The summed E-state index contributed by atoms with van der Waals surface area (Å²) < 4.78 is 17.4. The number of hydrogen-bond acceptors (Lipinski definition) is 5. The van der Waals surface area contributed by atoms with E-state index in [1.165, 1.54) is 7.11 Å². The molecule has 0 bridgehead atoms. The summed E-state index contributed by atoms with van der Waals surface area (Å²) in [6.07, 6.45) is 4.62. The molecule has 0 fully saturated rings. The SMILES string of the molecule is COC(=O)c1ccc(C=CCC[C@@H](NC(=O)OCc2ccccc2)[C@H](O[Si](C)(C)C(C)(C)C)c2ccccc2)cc1. The normalized spacial score (nSPS) is 13.4. The van der Waals surface area contributed by atoms with Crippen LogP contribution in [-0.2, 0) is 20.5 Å². The van der Waals surface area contributed by atoms with E-state index in [1.54, 1.807) is 12.1 Å². The lowest BCUT2D eigenvalue weighted by molar-refractivity contribution is 0.0600. The predicted molar refractivity (Wildman–Crippen MR) is 167 cm³/mol. The van der Waals surface area contributed by atoms with E-state index >= 15 is 0 Å². The number of hydrogen-bond donors (Lipinski definition) is 1. The fourth-order valence-corrected chi connectivity index (χ4v) is 5.37. The molecule has 1 N–H and O–H groups in total. The van der Waals surface area contributed by atoms with Crippen LogP contribution in [0.1, 0.15) is 66.8 Å². The maximum atomic E-state index is 13.1. The Hall–Kier alpha value is -3.68. The highest BCUT2D eigenvalue weighted by atomic mass is 28.4. The minimum absolute atomic E-state index is 0.00529. The van der Waals surface area contributed by atoms with Crippen LogP contribution in [0.5, 0.6) is 0 Å². The molecule has 0 spiro atoms. The summed E-state index contributed by atoms with van der Waals surface area (Å²) in [6.45, 7) is 11.3. The average Bonchev–Trinajstić information content (AvgIpc) is 2.97. The minimum atomic E-state index is -2.20. The van der Waals surface area contributed by atoms with Gasteiger partial charge in [0.15, 0.2) is 8.32 Å². The lowest BCUT2D eigenvalue weighted by Gasteiger charge is -2.41. The second-order valence-corrected chi connectivity index (χ2v) is 16.4. The highest BCUT2D eigenvalue weighted by Crippen LogP contribution is 2.41. The van der Waals surface area contributed by atoms with Gasteiger partial charge in [-0.05, 0) is 59.8 Å². The molecule has 1 amide bonds. The van der Waals surface area contributed by atoms with Gasteiger partial charge in [-0.2, -0.15) is 0 Å². The van der Waals surface area contributed by atoms with Crippen LogP contribution < -0.4 is 5.32 Å². The second kappa shape index (κ2) is 14.8. The van der Waals surface area contributed by atoms with Crippen molar-refractivity contribution in [2.24, 2.45) is 0 Å². The number of rotatable bonds is 12. The predicted octanol–water partition coefficient (Wildman–Crippen LogP) is 8.32. The highest BCUT2D eigenvalue weighted by Gasteiger charge is 2.41. The van der Waals surface area contributed by atoms with Crippen molar-refractivity contribution in [3.63, 3.8) is 0 Å². The largest absolute Gasteiger partial charge is 0.465 e. The molecule has 0 saturated heterocycles. The van der Waals surface area contributed by atoms with Crippen molar-refractivity contribution in [3.05, 3.63) is 113 Å². The van der Waals surface area contributed by atoms with Gasteiger partial charge >= 0.3 is 12.1 Å². The van der Waals surface area contributed by atoms with E-state index in [4.69, 9.17) is 13.9 Å². The van der Waals surface area contributed by atoms with Crippen molar-refractivity contribution in [3.8, 4) is 0 Å². The quantitative estimate of drug-likeness (QED) is 0.174. The first-order chi connectivity index (χ1) is 19.5. The van der Waals surface area contributed by atoms with E-state index in [-0.39, 0.29) is 29.8 Å². The lowest BCUT2D eigenvalue weighted by Crippen LogP contribution is -2.48.